The van der Waals surface area contributed by atoms with Gasteiger partial charge in [0.1, 0.15) is 0 Å². The molecule has 180 valence electrons. The molecule has 0 radical (unpaired) electrons. The van der Waals surface area contributed by atoms with Gasteiger partial charge in [-0.3, -0.25) is 9.59 Å². The van der Waals surface area contributed by atoms with Crippen molar-refractivity contribution in [3.05, 3.63) is 92.6 Å². The number of carbonyl (C=O) groups is 1. The number of benzene rings is 3. The summed E-state index contributed by atoms with van der Waals surface area (Å²) in [4.78, 5) is 26.1. The molecule has 5 nitrogen and oxygen atoms in total. The molecule has 1 unspecified atom stereocenters. The third-order valence-electron chi connectivity index (χ3n) is 5.06. The molecule has 0 fully saturated rings. The number of carbonyl (C=O) groups excluding carboxylic acids is 1. The summed E-state index contributed by atoms with van der Waals surface area (Å²) in [5.41, 5.74) is -1.57. The summed E-state index contributed by atoms with van der Waals surface area (Å²) < 4.78 is 51.5. The van der Waals surface area contributed by atoms with Gasteiger partial charge in [-0.05, 0) is 31.2 Å². The van der Waals surface area contributed by atoms with Gasteiger partial charge in [0.05, 0.1) is 21.7 Å². The van der Waals surface area contributed by atoms with E-state index < -0.39 is 34.9 Å². The average Bonchev–Trinajstić information content (AvgIpc) is 2.81. The van der Waals surface area contributed by atoms with E-state index in [0.29, 0.717) is 5.56 Å². The van der Waals surface area contributed by atoms with Crippen LogP contribution in [-0.2, 0) is 11.0 Å². The van der Waals surface area contributed by atoms with Crippen LogP contribution in [0.25, 0.3) is 22.3 Å². The number of ether oxygens (including phenoxy) is 1. The lowest BCUT2D eigenvalue weighted by atomic mass is 10.1. The highest BCUT2D eigenvalue weighted by Gasteiger charge is 2.34. The summed E-state index contributed by atoms with van der Waals surface area (Å²) in [6.07, 6.45) is -6.04. The first-order valence-electron chi connectivity index (χ1n) is 10.2. The van der Waals surface area contributed by atoms with Gasteiger partial charge in [0.25, 0.3) is 5.91 Å². The molecule has 0 bridgehead atoms. The molecule has 1 amide bonds. The van der Waals surface area contributed by atoms with Crippen molar-refractivity contribution in [2.45, 2.75) is 19.2 Å². The molecule has 3 aromatic carbocycles. The van der Waals surface area contributed by atoms with Crippen molar-refractivity contribution < 1.29 is 27.1 Å². The predicted octanol–water partition coefficient (Wildman–Crippen LogP) is 7.19. The minimum absolute atomic E-state index is 0.00247. The third-order valence-corrected chi connectivity index (χ3v) is 5.56. The number of hydrogen-bond acceptors (Lipinski definition) is 4. The zero-order valence-electron chi connectivity index (χ0n) is 18.0. The standard InChI is InChI=1S/C25H16Cl2F3NO4/c1-13(24(33)31-19-10-6-5-9-17(19)25(28,29)30)34-23-20(32)16-11-15(26)12-18(27)22(16)35-21(23)14-7-3-2-4-8-14/h2-13H,1H3,(H,31,33). The zero-order valence-corrected chi connectivity index (χ0v) is 19.5. The molecule has 1 aromatic heterocycles. The minimum Gasteiger partial charge on any atom is -0.473 e. The van der Waals surface area contributed by atoms with Crippen molar-refractivity contribution >= 4 is 45.8 Å². The van der Waals surface area contributed by atoms with Crippen molar-refractivity contribution in [2.75, 3.05) is 5.32 Å². The molecular weight excluding hydrogens is 506 g/mol. The van der Waals surface area contributed by atoms with Crippen LogP contribution in [0.3, 0.4) is 0 Å². The Kier molecular flexibility index (Phi) is 6.78. The van der Waals surface area contributed by atoms with Crippen LogP contribution in [0.5, 0.6) is 5.75 Å². The van der Waals surface area contributed by atoms with Gasteiger partial charge in [0, 0.05) is 10.6 Å². The van der Waals surface area contributed by atoms with Crippen LogP contribution in [-0.4, -0.2) is 12.0 Å². The largest absolute Gasteiger partial charge is 0.473 e. The maximum atomic E-state index is 13.3. The highest BCUT2D eigenvalue weighted by Crippen LogP contribution is 2.36. The molecule has 0 saturated carbocycles. The predicted molar refractivity (Wildman–Crippen MR) is 128 cm³/mol. The van der Waals surface area contributed by atoms with Gasteiger partial charge >= 0.3 is 6.18 Å². The van der Waals surface area contributed by atoms with Gasteiger partial charge in [-0.25, -0.2) is 0 Å². The maximum Gasteiger partial charge on any atom is 0.418 e. The molecule has 1 heterocycles. The van der Waals surface area contributed by atoms with E-state index in [1.54, 1.807) is 30.3 Å². The second-order valence-corrected chi connectivity index (χ2v) is 8.36. The Balaban J connectivity index is 1.75. The molecule has 0 spiro atoms. The number of fused-ring (bicyclic) bond motifs is 1. The fourth-order valence-electron chi connectivity index (χ4n) is 3.40. The molecule has 0 aliphatic heterocycles. The van der Waals surface area contributed by atoms with Crippen LogP contribution < -0.4 is 15.5 Å². The Morgan fingerprint density at radius 1 is 1.03 bits per heavy atom. The Bertz CT molecular complexity index is 1470. The van der Waals surface area contributed by atoms with Crippen molar-refractivity contribution in [1.82, 2.24) is 0 Å². The summed E-state index contributed by atoms with van der Waals surface area (Å²) >= 11 is 12.3. The fourth-order valence-corrected chi connectivity index (χ4v) is 3.93. The summed E-state index contributed by atoms with van der Waals surface area (Å²) in [7, 11) is 0. The summed E-state index contributed by atoms with van der Waals surface area (Å²) in [6, 6.07) is 15.8. The topological polar surface area (TPSA) is 68.5 Å². The lowest BCUT2D eigenvalue weighted by molar-refractivity contribution is -0.137. The fraction of sp³-hybridized carbons (Fsp3) is 0.120. The van der Waals surface area contributed by atoms with Crippen molar-refractivity contribution in [3.8, 4) is 17.1 Å². The Morgan fingerprint density at radius 2 is 1.69 bits per heavy atom. The van der Waals surface area contributed by atoms with Crippen LogP contribution in [0.4, 0.5) is 18.9 Å². The third kappa shape index (κ3) is 5.13. The highest BCUT2D eigenvalue weighted by molar-refractivity contribution is 6.38. The second kappa shape index (κ2) is 9.64. The monoisotopic (exact) mass is 521 g/mol. The molecule has 1 N–H and O–H groups in total. The first-order valence-corrected chi connectivity index (χ1v) is 11.0. The Hall–Kier alpha value is -3.49. The number of halogens is 5. The first-order chi connectivity index (χ1) is 16.6. The summed E-state index contributed by atoms with van der Waals surface area (Å²) in [5, 5.41) is 2.52. The van der Waals surface area contributed by atoms with Crippen LogP contribution >= 0.6 is 23.2 Å². The quantitative estimate of drug-likeness (QED) is 0.301. The van der Waals surface area contributed by atoms with E-state index in [4.69, 9.17) is 32.4 Å². The number of anilines is 1. The zero-order chi connectivity index (χ0) is 25.3. The van der Waals surface area contributed by atoms with E-state index in [-0.39, 0.29) is 32.5 Å². The Morgan fingerprint density at radius 3 is 2.37 bits per heavy atom. The molecule has 10 heteroatoms. The first kappa shape index (κ1) is 24.6. The average molecular weight is 522 g/mol. The Labute approximate surface area is 207 Å². The van der Waals surface area contributed by atoms with E-state index in [1.165, 1.54) is 31.2 Å². The van der Waals surface area contributed by atoms with Gasteiger partial charge in [0.15, 0.2) is 17.4 Å². The summed E-state index contributed by atoms with van der Waals surface area (Å²) in [6.45, 7) is 1.30. The van der Waals surface area contributed by atoms with Gasteiger partial charge in [0.2, 0.25) is 11.2 Å². The van der Waals surface area contributed by atoms with Gasteiger partial charge in [-0.2, -0.15) is 13.2 Å². The molecule has 0 aliphatic carbocycles. The minimum atomic E-state index is -4.67. The van der Waals surface area contributed by atoms with E-state index in [1.807, 2.05) is 0 Å². The molecule has 0 aliphatic rings. The van der Waals surface area contributed by atoms with E-state index >= 15 is 0 Å². The number of para-hydroxylation sites is 1. The van der Waals surface area contributed by atoms with E-state index in [0.717, 1.165) is 12.1 Å². The number of alkyl halides is 3. The molecule has 35 heavy (non-hydrogen) atoms. The summed E-state index contributed by atoms with van der Waals surface area (Å²) in [5.74, 6) is -1.21. The molecule has 0 saturated heterocycles. The molecule has 4 aromatic rings. The highest BCUT2D eigenvalue weighted by atomic mass is 35.5. The van der Waals surface area contributed by atoms with E-state index in [9.17, 15) is 22.8 Å². The molecule has 1 atom stereocenters. The maximum absolute atomic E-state index is 13.3. The van der Waals surface area contributed by atoms with E-state index in [2.05, 4.69) is 5.32 Å². The van der Waals surface area contributed by atoms with Crippen LogP contribution in [0.15, 0.2) is 75.9 Å². The SMILES string of the molecule is CC(Oc1c(-c2ccccc2)oc2c(Cl)cc(Cl)cc2c1=O)C(=O)Nc1ccccc1C(F)(F)F. The smallest absolute Gasteiger partial charge is 0.418 e. The molecule has 4 rings (SSSR count). The number of nitrogens with one attached hydrogen (secondary N) is 1. The number of rotatable bonds is 5. The van der Waals surface area contributed by atoms with Gasteiger partial charge in [-0.1, -0.05) is 65.7 Å². The lowest BCUT2D eigenvalue weighted by Crippen LogP contribution is -2.32. The normalized spacial score (nSPS) is 12.4. The van der Waals surface area contributed by atoms with Crippen molar-refractivity contribution in [1.29, 1.82) is 0 Å². The van der Waals surface area contributed by atoms with Crippen molar-refractivity contribution in [2.24, 2.45) is 0 Å². The second-order valence-electron chi connectivity index (χ2n) is 7.51. The van der Waals surface area contributed by atoms with Crippen LogP contribution in [0, 0.1) is 0 Å². The van der Waals surface area contributed by atoms with Crippen molar-refractivity contribution in [3.63, 3.8) is 0 Å². The lowest BCUT2D eigenvalue weighted by Gasteiger charge is -2.19. The van der Waals surface area contributed by atoms with Crippen LogP contribution in [0.1, 0.15) is 12.5 Å². The van der Waals surface area contributed by atoms with Crippen LogP contribution in [0.2, 0.25) is 10.0 Å². The number of hydrogen-bond donors (Lipinski definition) is 1. The number of amides is 1. The van der Waals surface area contributed by atoms with Gasteiger partial charge < -0.3 is 14.5 Å². The van der Waals surface area contributed by atoms with Gasteiger partial charge in [-0.15, -0.1) is 0 Å². The molecular formula is C25H16Cl2F3NO4.